The van der Waals surface area contributed by atoms with Crippen LogP contribution in [-0.2, 0) is 6.54 Å². The van der Waals surface area contributed by atoms with Crippen molar-refractivity contribution >= 4 is 32.6 Å². The van der Waals surface area contributed by atoms with E-state index in [1.54, 1.807) is 10.9 Å². The fraction of sp³-hybridized carbons (Fsp3) is 0.320. The number of para-hydroxylation sites is 1. The van der Waals surface area contributed by atoms with Crippen LogP contribution in [0.5, 0.6) is 0 Å². The van der Waals surface area contributed by atoms with Gasteiger partial charge in [0, 0.05) is 6.54 Å². The molecule has 0 aliphatic carbocycles. The molecule has 32 heavy (non-hydrogen) atoms. The average molecular weight is 446 g/mol. The number of thiazole rings is 1. The third kappa shape index (κ3) is 4.31. The molecule has 2 aromatic carbocycles. The second-order valence-electron chi connectivity index (χ2n) is 8.62. The summed E-state index contributed by atoms with van der Waals surface area (Å²) in [6, 6.07) is 16.2. The first-order chi connectivity index (χ1) is 15.6. The number of piperidine rings is 1. The zero-order valence-corrected chi connectivity index (χ0v) is 19.2. The summed E-state index contributed by atoms with van der Waals surface area (Å²) in [6.45, 7) is 7.55. The first-order valence-electron chi connectivity index (χ1n) is 11.1. The summed E-state index contributed by atoms with van der Waals surface area (Å²) in [4.78, 5) is 20.1. The minimum Gasteiger partial charge on any atom is -0.299 e. The maximum absolute atomic E-state index is 12.9. The molecule has 3 heterocycles. The van der Waals surface area contributed by atoms with Gasteiger partial charge >= 0.3 is 0 Å². The maximum atomic E-state index is 12.9. The van der Waals surface area contributed by atoms with Gasteiger partial charge < -0.3 is 0 Å². The Labute approximate surface area is 191 Å². The molecule has 1 N–H and O–H groups in total. The van der Waals surface area contributed by atoms with Crippen LogP contribution in [0.4, 0.5) is 5.13 Å². The van der Waals surface area contributed by atoms with Crippen LogP contribution in [0.2, 0.25) is 0 Å². The van der Waals surface area contributed by atoms with Crippen molar-refractivity contribution in [1.29, 1.82) is 0 Å². The Balaban J connectivity index is 1.30. The summed E-state index contributed by atoms with van der Waals surface area (Å²) in [7, 11) is 0. The first-order valence-corrected chi connectivity index (χ1v) is 11.9. The zero-order valence-electron chi connectivity index (χ0n) is 18.4. The molecule has 6 nitrogen and oxygen atoms in total. The molecule has 0 unspecified atom stereocenters. The Morgan fingerprint density at radius 2 is 1.94 bits per heavy atom. The number of nitrogens with zero attached hydrogens (tertiary/aromatic N) is 4. The number of likely N-dealkylation sites (tertiary alicyclic amines) is 1. The highest BCUT2D eigenvalue weighted by molar-refractivity contribution is 7.22. The van der Waals surface area contributed by atoms with Gasteiger partial charge in [-0.2, -0.15) is 5.10 Å². The zero-order chi connectivity index (χ0) is 22.1. The number of hydrogen-bond donors (Lipinski definition) is 1. The van der Waals surface area contributed by atoms with Crippen LogP contribution in [0.15, 0.2) is 54.7 Å². The van der Waals surface area contributed by atoms with Gasteiger partial charge in [0.15, 0.2) is 5.13 Å². The van der Waals surface area contributed by atoms with Crippen LogP contribution in [-0.4, -0.2) is 38.7 Å². The average Bonchev–Trinajstić information content (AvgIpc) is 3.38. The summed E-state index contributed by atoms with van der Waals surface area (Å²) >= 11 is 1.52. The molecule has 164 valence electrons. The minimum absolute atomic E-state index is 0.189. The molecule has 0 spiro atoms. The van der Waals surface area contributed by atoms with E-state index in [1.165, 1.54) is 42.8 Å². The first kappa shape index (κ1) is 20.8. The highest BCUT2D eigenvalue weighted by atomic mass is 32.1. The highest BCUT2D eigenvalue weighted by Gasteiger charge is 2.18. The highest BCUT2D eigenvalue weighted by Crippen LogP contribution is 2.28. The van der Waals surface area contributed by atoms with E-state index in [4.69, 9.17) is 0 Å². The van der Waals surface area contributed by atoms with E-state index in [0.717, 1.165) is 34.1 Å². The number of carbonyl (C=O) groups excluding carboxylic acids is 1. The Kier molecular flexibility index (Phi) is 5.76. The van der Waals surface area contributed by atoms with E-state index in [2.05, 4.69) is 45.4 Å². The Bertz CT molecular complexity index is 1240. The molecular weight excluding hydrogens is 418 g/mol. The van der Waals surface area contributed by atoms with E-state index < -0.39 is 0 Å². The van der Waals surface area contributed by atoms with Crippen molar-refractivity contribution < 1.29 is 4.79 Å². The van der Waals surface area contributed by atoms with E-state index in [0.29, 0.717) is 10.7 Å². The summed E-state index contributed by atoms with van der Waals surface area (Å²) < 4.78 is 2.88. The standard InChI is InChI=1S/C25H27N5OS/c1-17-10-12-29(13-11-17)16-19-8-9-22-23(14-19)32-25(27-22)28-24(31)21-15-26-30(18(21)2)20-6-4-3-5-7-20/h3-9,14-15,17H,10-13,16H2,1-2H3,(H,27,28,31). The molecule has 1 aliphatic rings. The van der Waals surface area contributed by atoms with E-state index in [9.17, 15) is 4.79 Å². The molecule has 5 rings (SSSR count). The lowest BCUT2D eigenvalue weighted by Crippen LogP contribution is -2.32. The van der Waals surface area contributed by atoms with E-state index in [-0.39, 0.29) is 5.91 Å². The van der Waals surface area contributed by atoms with E-state index in [1.807, 2.05) is 37.3 Å². The second-order valence-corrected chi connectivity index (χ2v) is 9.66. The molecule has 4 aromatic rings. The molecule has 1 fully saturated rings. The topological polar surface area (TPSA) is 63.1 Å². The number of fused-ring (bicyclic) bond motifs is 1. The third-order valence-corrected chi connectivity index (χ3v) is 7.14. The number of rotatable bonds is 5. The minimum atomic E-state index is -0.189. The van der Waals surface area contributed by atoms with Gasteiger partial charge in [-0.05, 0) is 68.6 Å². The van der Waals surface area contributed by atoms with Gasteiger partial charge in [0.2, 0.25) is 0 Å². The summed E-state index contributed by atoms with van der Waals surface area (Å²) in [5, 5.41) is 7.97. The smallest absolute Gasteiger partial charge is 0.260 e. The lowest BCUT2D eigenvalue weighted by atomic mass is 9.99. The van der Waals surface area contributed by atoms with Crippen LogP contribution < -0.4 is 5.32 Å². The Morgan fingerprint density at radius 1 is 1.16 bits per heavy atom. The predicted molar refractivity (Wildman–Crippen MR) is 130 cm³/mol. The molecule has 1 aliphatic heterocycles. The van der Waals surface area contributed by atoms with Gasteiger partial charge in [0.25, 0.3) is 5.91 Å². The Hall–Kier alpha value is -3.03. The fourth-order valence-electron chi connectivity index (χ4n) is 4.23. The van der Waals surface area contributed by atoms with Crippen LogP contribution in [0.1, 0.15) is 41.4 Å². The number of aromatic nitrogens is 3. The Morgan fingerprint density at radius 3 is 2.72 bits per heavy atom. The van der Waals surface area contributed by atoms with Gasteiger partial charge in [-0.15, -0.1) is 0 Å². The molecule has 1 amide bonds. The van der Waals surface area contributed by atoms with Crippen molar-refractivity contribution in [3.63, 3.8) is 0 Å². The normalized spacial score (nSPS) is 15.3. The van der Waals surface area contributed by atoms with Gasteiger partial charge in [0.1, 0.15) is 0 Å². The molecule has 0 saturated carbocycles. The third-order valence-electron chi connectivity index (χ3n) is 6.21. The number of carbonyl (C=O) groups is 1. The molecule has 7 heteroatoms. The van der Waals surface area contributed by atoms with Crippen LogP contribution in [0.25, 0.3) is 15.9 Å². The molecule has 0 bridgehead atoms. The van der Waals surface area contributed by atoms with Crippen LogP contribution >= 0.6 is 11.3 Å². The fourth-order valence-corrected chi connectivity index (χ4v) is 5.15. The summed E-state index contributed by atoms with van der Waals surface area (Å²) in [6.07, 6.45) is 4.17. The van der Waals surface area contributed by atoms with Crippen LogP contribution in [0, 0.1) is 12.8 Å². The van der Waals surface area contributed by atoms with Crippen molar-refractivity contribution in [2.45, 2.75) is 33.2 Å². The molecule has 1 saturated heterocycles. The largest absolute Gasteiger partial charge is 0.299 e. The lowest BCUT2D eigenvalue weighted by Gasteiger charge is -2.30. The van der Waals surface area contributed by atoms with Gasteiger partial charge in [-0.3, -0.25) is 15.0 Å². The van der Waals surface area contributed by atoms with Crippen molar-refractivity contribution in [2.24, 2.45) is 5.92 Å². The van der Waals surface area contributed by atoms with Gasteiger partial charge in [0.05, 0.1) is 33.4 Å². The molecular formula is C25H27N5OS. The van der Waals surface area contributed by atoms with Crippen molar-refractivity contribution in [2.75, 3.05) is 18.4 Å². The van der Waals surface area contributed by atoms with Gasteiger partial charge in [-0.25, -0.2) is 9.67 Å². The number of hydrogen-bond acceptors (Lipinski definition) is 5. The monoisotopic (exact) mass is 445 g/mol. The second kappa shape index (κ2) is 8.84. The van der Waals surface area contributed by atoms with Crippen molar-refractivity contribution in [3.05, 3.63) is 71.5 Å². The van der Waals surface area contributed by atoms with Crippen molar-refractivity contribution in [3.8, 4) is 5.69 Å². The predicted octanol–water partition coefficient (Wildman–Crippen LogP) is 5.27. The lowest BCUT2D eigenvalue weighted by molar-refractivity contribution is 0.102. The summed E-state index contributed by atoms with van der Waals surface area (Å²) in [5.41, 5.74) is 4.49. The van der Waals surface area contributed by atoms with E-state index >= 15 is 0 Å². The number of anilines is 1. The number of nitrogens with one attached hydrogen (secondary N) is 1. The number of benzene rings is 2. The molecule has 0 atom stereocenters. The molecule has 2 aromatic heterocycles. The number of amides is 1. The SMILES string of the molecule is Cc1c(C(=O)Nc2nc3ccc(CN4CCC(C)CC4)cc3s2)cnn1-c1ccccc1. The molecule has 0 radical (unpaired) electrons. The van der Waals surface area contributed by atoms with Gasteiger partial charge in [-0.1, -0.05) is 42.5 Å². The quantitative estimate of drug-likeness (QED) is 0.454. The maximum Gasteiger partial charge on any atom is 0.260 e. The summed E-state index contributed by atoms with van der Waals surface area (Å²) in [5.74, 6) is 0.649. The van der Waals surface area contributed by atoms with Crippen molar-refractivity contribution in [1.82, 2.24) is 19.7 Å². The van der Waals surface area contributed by atoms with Crippen LogP contribution in [0.3, 0.4) is 0 Å².